The molecule has 3 N–H and O–H groups in total. The third-order valence-corrected chi connectivity index (χ3v) is 2.88. The van der Waals surface area contributed by atoms with Crippen molar-refractivity contribution < 1.29 is 19.4 Å². The number of aliphatic carboxylic acids is 1. The molecule has 1 atom stereocenters. The number of anilines is 1. The van der Waals surface area contributed by atoms with Crippen molar-refractivity contribution in [1.29, 1.82) is 0 Å². The highest BCUT2D eigenvalue weighted by Crippen LogP contribution is 2.32. The SMILES string of the molecule is CN1C(=O)COc2ccc(CC(N)C(=O)O)cc21. The van der Waals surface area contributed by atoms with E-state index in [0.717, 1.165) is 5.56 Å². The fraction of sp³-hybridized carbons (Fsp3) is 0.333. The number of rotatable bonds is 3. The Bertz CT molecular complexity index is 501. The number of benzene rings is 1. The van der Waals surface area contributed by atoms with Gasteiger partial charge in [0.25, 0.3) is 5.91 Å². The molecular weight excluding hydrogens is 236 g/mol. The van der Waals surface area contributed by atoms with E-state index < -0.39 is 12.0 Å². The van der Waals surface area contributed by atoms with Gasteiger partial charge in [0, 0.05) is 7.05 Å². The second-order valence-electron chi connectivity index (χ2n) is 4.19. The summed E-state index contributed by atoms with van der Waals surface area (Å²) in [6, 6.07) is 4.26. The summed E-state index contributed by atoms with van der Waals surface area (Å²) < 4.78 is 5.27. The normalized spacial score (nSPS) is 15.9. The Balaban J connectivity index is 2.26. The molecule has 0 aromatic heterocycles. The van der Waals surface area contributed by atoms with E-state index in [9.17, 15) is 9.59 Å². The van der Waals surface area contributed by atoms with Gasteiger partial charge in [-0.2, -0.15) is 0 Å². The Morgan fingerprint density at radius 2 is 2.33 bits per heavy atom. The van der Waals surface area contributed by atoms with Gasteiger partial charge in [0.2, 0.25) is 0 Å². The zero-order valence-corrected chi connectivity index (χ0v) is 9.92. The predicted octanol–water partition coefficient (Wildman–Crippen LogP) is -0.00380. The molecule has 96 valence electrons. The summed E-state index contributed by atoms with van der Waals surface area (Å²) in [6.07, 6.45) is 0.213. The van der Waals surface area contributed by atoms with Crippen molar-refractivity contribution in [2.24, 2.45) is 5.73 Å². The Kier molecular flexibility index (Phi) is 3.20. The molecule has 0 aliphatic carbocycles. The maximum Gasteiger partial charge on any atom is 0.320 e. The first-order valence-corrected chi connectivity index (χ1v) is 5.49. The lowest BCUT2D eigenvalue weighted by molar-refractivity contribution is -0.138. The van der Waals surface area contributed by atoms with Gasteiger partial charge in [0.1, 0.15) is 11.8 Å². The molecule has 1 unspecified atom stereocenters. The molecule has 6 nitrogen and oxygen atoms in total. The van der Waals surface area contributed by atoms with Crippen LogP contribution in [-0.4, -0.2) is 36.7 Å². The van der Waals surface area contributed by atoms with Crippen LogP contribution in [0.4, 0.5) is 5.69 Å². The van der Waals surface area contributed by atoms with Gasteiger partial charge < -0.3 is 20.5 Å². The molecule has 1 heterocycles. The van der Waals surface area contributed by atoms with Gasteiger partial charge in [-0.25, -0.2) is 0 Å². The predicted molar refractivity (Wildman–Crippen MR) is 64.7 cm³/mol. The fourth-order valence-electron chi connectivity index (χ4n) is 1.79. The Hall–Kier alpha value is -2.08. The number of hydrogen-bond donors (Lipinski definition) is 2. The van der Waals surface area contributed by atoms with Crippen LogP contribution < -0.4 is 15.4 Å². The van der Waals surface area contributed by atoms with Crippen LogP contribution in [0.3, 0.4) is 0 Å². The van der Waals surface area contributed by atoms with Crippen molar-refractivity contribution in [3.8, 4) is 5.75 Å². The van der Waals surface area contributed by atoms with Crippen LogP contribution in [0.15, 0.2) is 18.2 Å². The number of hydrogen-bond acceptors (Lipinski definition) is 4. The number of ether oxygens (including phenoxy) is 1. The zero-order chi connectivity index (χ0) is 13.3. The summed E-state index contributed by atoms with van der Waals surface area (Å²) >= 11 is 0. The largest absolute Gasteiger partial charge is 0.482 e. The molecule has 1 aliphatic rings. The molecule has 0 bridgehead atoms. The lowest BCUT2D eigenvalue weighted by atomic mass is 10.0. The quantitative estimate of drug-likeness (QED) is 0.787. The highest BCUT2D eigenvalue weighted by atomic mass is 16.5. The number of nitrogens with two attached hydrogens (primary N) is 1. The number of likely N-dealkylation sites (N-methyl/N-ethyl adjacent to an activating group) is 1. The third kappa shape index (κ3) is 2.28. The fourth-order valence-corrected chi connectivity index (χ4v) is 1.79. The summed E-state index contributed by atoms with van der Waals surface area (Å²) in [5, 5.41) is 8.76. The second-order valence-corrected chi connectivity index (χ2v) is 4.19. The Morgan fingerprint density at radius 1 is 1.61 bits per heavy atom. The molecule has 0 fully saturated rings. The van der Waals surface area contributed by atoms with E-state index in [4.69, 9.17) is 15.6 Å². The number of carboxylic acid groups (broad SMARTS) is 1. The van der Waals surface area contributed by atoms with Crippen LogP contribution >= 0.6 is 0 Å². The molecule has 1 aromatic carbocycles. The minimum atomic E-state index is -1.05. The van der Waals surface area contributed by atoms with Crippen molar-refractivity contribution >= 4 is 17.6 Å². The van der Waals surface area contributed by atoms with Crippen LogP contribution in [0.25, 0.3) is 0 Å². The zero-order valence-electron chi connectivity index (χ0n) is 9.92. The highest BCUT2D eigenvalue weighted by Gasteiger charge is 2.23. The molecule has 18 heavy (non-hydrogen) atoms. The van der Waals surface area contributed by atoms with Gasteiger partial charge in [-0.05, 0) is 24.1 Å². The van der Waals surface area contributed by atoms with Crippen LogP contribution in [-0.2, 0) is 16.0 Å². The number of fused-ring (bicyclic) bond motifs is 1. The number of carbonyl (C=O) groups excluding carboxylic acids is 1. The summed E-state index contributed by atoms with van der Waals surface area (Å²) in [6.45, 7) is 0.0253. The monoisotopic (exact) mass is 250 g/mol. The van der Waals surface area contributed by atoms with Crippen LogP contribution in [0, 0.1) is 0 Å². The van der Waals surface area contributed by atoms with Crippen molar-refractivity contribution in [1.82, 2.24) is 0 Å². The third-order valence-electron chi connectivity index (χ3n) is 2.88. The molecular formula is C12H14N2O4. The maximum atomic E-state index is 11.5. The van der Waals surface area contributed by atoms with Crippen LogP contribution in [0.5, 0.6) is 5.75 Å². The molecule has 6 heteroatoms. The molecule has 1 amide bonds. The van der Waals surface area contributed by atoms with Crippen LogP contribution in [0.2, 0.25) is 0 Å². The van der Waals surface area contributed by atoms with E-state index >= 15 is 0 Å². The summed E-state index contributed by atoms with van der Waals surface area (Å²) in [5.41, 5.74) is 6.87. The first-order chi connectivity index (χ1) is 8.49. The van der Waals surface area contributed by atoms with Crippen LogP contribution in [0.1, 0.15) is 5.56 Å². The van der Waals surface area contributed by atoms with E-state index in [1.807, 2.05) is 0 Å². The average molecular weight is 250 g/mol. The topological polar surface area (TPSA) is 92.9 Å². The lowest BCUT2D eigenvalue weighted by Gasteiger charge is -2.26. The number of carboxylic acids is 1. The molecule has 0 saturated heterocycles. The maximum absolute atomic E-state index is 11.5. The summed E-state index contributed by atoms with van der Waals surface area (Å²) in [7, 11) is 1.66. The summed E-state index contributed by atoms with van der Waals surface area (Å²) in [4.78, 5) is 23.7. The van der Waals surface area contributed by atoms with Crippen molar-refractivity contribution in [2.75, 3.05) is 18.6 Å². The number of amides is 1. The average Bonchev–Trinajstić information content (AvgIpc) is 2.34. The minimum absolute atomic E-state index is 0.0253. The first-order valence-electron chi connectivity index (χ1n) is 5.49. The van der Waals surface area contributed by atoms with E-state index in [1.54, 1.807) is 25.2 Å². The molecule has 0 saturated carbocycles. The van der Waals surface area contributed by atoms with Crippen molar-refractivity contribution in [3.05, 3.63) is 23.8 Å². The van der Waals surface area contributed by atoms with Gasteiger partial charge in [0.15, 0.2) is 6.61 Å². The van der Waals surface area contributed by atoms with Crippen molar-refractivity contribution in [3.63, 3.8) is 0 Å². The number of nitrogens with zero attached hydrogens (tertiary/aromatic N) is 1. The second kappa shape index (κ2) is 4.66. The van der Waals surface area contributed by atoms with E-state index in [1.165, 1.54) is 4.90 Å². The van der Waals surface area contributed by atoms with Gasteiger partial charge in [-0.3, -0.25) is 9.59 Å². The molecule has 2 rings (SSSR count). The summed E-state index contributed by atoms with van der Waals surface area (Å²) in [5.74, 6) is -0.569. The Morgan fingerprint density at radius 3 is 3.00 bits per heavy atom. The van der Waals surface area contributed by atoms with E-state index in [0.29, 0.717) is 11.4 Å². The van der Waals surface area contributed by atoms with Gasteiger partial charge in [-0.15, -0.1) is 0 Å². The minimum Gasteiger partial charge on any atom is -0.482 e. The smallest absolute Gasteiger partial charge is 0.320 e. The Labute approximate surface area is 104 Å². The van der Waals surface area contributed by atoms with E-state index in [2.05, 4.69) is 0 Å². The number of carbonyl (C=O) groups is 2. The van der Waals surface area contributed by atoms with Crippen molar-refractivity contribution in [2.45, 2.75) is 12.5 Å². The van der Waals surface area contributed by atoms with Gasteiger partial charge in [0.05, 0.1) is 5.69 Å². The molecule has 1 aliphatic heterocycles. The molecule has 0 radical (unpaired) electrons. The lowest BCUT2D eigenvalue weighted by Crippen LogP contribution is -2.36. The standard InChI is InChI=1S/C12H14N2O4/c1-14-9-5-7(4-8(13)12(16)17)2-3-10(9)18-6-11(14)15/h2-3,5,8H,4,6,13H2,1H3,(H,16,17). The van der Waals surface area contributed by atoms with E-state index in [-0.39, 0.29) is 18.9 Å². The van der Waals surface area contributed by atoms with Gasteiger partial charge in [-0.1, -0.05) is 6.07 Å². The molecule has 1 aromatic rings. The van der Waals surface area contributed by atoms with Gasteiger partial charge >= 0.3 is 5.97 Å². The highest BCUT2D eigenvalue weighted by molar-refractivity contribution is 5.97. The first kappa shape index (κ1) is 12.4. The molecule has 0 spiro atoms.